The third-order valence-electron chi connectivity index (χ3n) is 2.08. The second kappa shape index (κ2) is 6.98. The first-order valence-electron chi connectivity index (χ1n) is 4.84. The fourth-order valence-electron chi connectivity index (χ4n) is 1.18. The molecule has 0 saturated heterocycles. The van der Waals surface area contributed by atoms with E-state index >= 15 is 0 Å². The summed E-state index contributed by atoms with van der Waals surface area (Å²) >= 11 is 3.94. The van der Waals surface area contributed by atoms with Gasteiger partial charge in [-0.1, -0.05) is 27.7 Å². The van der Waals surface area contributed by atoms with Gasteiger partial charge >= 0.3 is 21.0 Å². The first-order chi connectivity index (χ1) is 6.61. The van der Waals surface area contributed by atoms with Crippen LogP contribution in [0.5, 0.6) is 0 Å². The minimum absolute atomic E-state index is 0.587. The van der Waals surface area contributed by atoms with Crippen molar-refractivity contribution in [3.8, 4) is 0 Å². The number of rotatable bonds is 2. The van der Waals surface area contributed by atoms with E-state index in [1.165, 1.54) is 11.1 Å². The molecule has 0 fully saturated rings. The van der Waals surface area contributed by atoms with Gasteiger partial charge in [0.05, 0.1) is 0 Å². The molecule has 0 aromatic heterocycles. The zero-order chi connectivity index (χ0) is 11.1. The Morgan fingerprint density at radius 1 is 1.00 bits per heavy atom. The molecule has 1 heteroatoms. The fraction of sp³-hybridized carbons (Fsp3) is 0.462. The predicted octanol–water partition coefficient (Wildman–Crippen LogP) is 3.70. The SMILES string of the molecule is CC(C)c1[c-]c(C(C)C)ccc1.[CH2]=[Cu]. The zero-order valence-corrected chi connectivity index (χ0v) is 10.3. The third-order valence-corrected chi connectivity index (χ3v) is 2.08. The van der Waals surface area contributed by atoms with Crippen molar-refractivity contribution in [3.05, 3.63) is 35.4 Å². The fourth-order valence-corrected chi connectivity index (χ4v) is 1.18. The van der Waals surface area contributed by atoms with Crippen molar-refractivity contribution in [2.45, 2.75) is 39.5 Å². The van der Waals surface area contributed by atoms with Crippen molar-refractivity contribution in [1.82, 2.24) is 0 Å². The molecule has 1 rings (SSSR count). The molecular formula is C13H19Cu-. The van der Waals surface area contributed by atoms with Gasteiger partial charge in [0.2, 0.25) is 0 Å². The average Bonchev–Trinajstić information content (AvgIpc) is 2.21. The molecule has 0 bridgehead atoms. The second-order valence-electron chi connectivity index (χ2n) is 3.87. The van der Waals surface area contributed by atoms with Crippen molar-refractivity contribution < 1.29 is 15.6 Å². The summed E-state index contributed by atoms with van der Waals surface area (Å²) < 4.78 is 0. The van der Waals surface area contributed by atoms with E-state index in [-0.39, 0.29) is 0 Å². The molecule has 14 heavy (non-hydrogen) atoms. The molecule has 0 N–H and O–H groups in total. The van der Waals surface area contributed by atoms with Crippen molar-refractivity contribution in [3.63, 3.8) is 0 Å². The second-order valence-corrected chi connectivity index (χ2v) is 3.87. The molecule has 0 unspecified atom stereocenters. The molecule has 0 aliphatic heterocycles. The Hall–Kier alpha value is -0.391. The quantitative estimate of drug-likeness (QED) is 0.545. The molecule has 0 aliphatic carbocycles. The molecule has 0 radical (unpaired) electrons. The maximum atomic E-state index is 3.94. The Balaban J connectivity index is 0.000000791. The van der Waals surface area contributed by atoms with Crippen LogP contribution >= 0.6 is 0 Å². The normalized spacial score (nSPS) is 10.0. The molecular weight excluding hydrogens is 220 g/mol. The van der Waals surface area contributed by atoms with E-state index in [9.17, 15) is 0 Å². The van der Waals surface area contributed by atoms with E-state index in [1.54, 1.807) is 0 Å². The summed E-state index contributed by atoms with van der Waals surface area (Å²) in [6, 6.07) is 9.87. The van der Waals surface area contributed by atoms with Gasteiger partial charge in [0, 0.05) is 0 Å². The molecule has 83 valence electrons. The number of benzene rings is 1. The number of hydrogen-bond acceptors (Lipinski definition) is 0. The Kier molecular flexibility index (Phi) is 6.78. The summed E-state index contributed by atoms with van der Waals surface area (Å²) in [6.07, 6.45) is 0. The maximum absolute atomic E-state index is 3.94. The summed E-state index contributed by atoms with van der Waals surface area (Å²) in [5, 5.41) is 0. The number of hydrogen-bond donors (Lipinski definition) is 0. The van der Waals surface area contributed by atoms with Gasteiger partial charge in [-0.05, 0) is 11.8 Å². The molecule has 1 aromatic carbocycles. The van der Waals surface area contributed by atoms with Crippen LogP contribution in [-0.4, -0.2) is 5.42 Å². The molecule has 0 amide bonds. The van der Waals surface area contributed by atoms with Gasteiger partial charge in [-0.25, -0.2) is 0 Å². The molecule has 0 saturated carbocycles. The average molecular weight is 239 g/mol. The van der Waals surface area contributed by atoms with Crippen LogP contribution in [0.15, 0.2) is 18.2 Å². The molecule has 0 aliphatic rings. The Morgan fingerprint density at radius 2 is 1.36 bits per heavy atom. The summed E-state index contributed by atoms with van der Waals surface area (Å²) in [5.74, 6) is 1.17. The van der Waals surface area contributed by atoms with Gasteiger partial charge in [0.25, 0.3) is 0 Å². The van der Waals surface area contributed by atoms with Crippen molar-refractivity contribution >= 4 is 5.42 Å². The Morgan fingerprint density at radius 3 is 1.64 bits per heavy atom. The summed E-state index contributed by atoms with van der Waals surface area (Å²) in [7, 11) is 0. The van der Waals surface area contributed by atoms with Crippen LogP contribution in [-0.2, 0) is 15.6 Å². The van der Waals surface area contributed by atoms with Crippen LogP contribution in [0.2, 0.25) is 0 Å². The van der Waals surface area contributed by atoms with Gasteiger partial charge in [0.1, 0.15) is 0 Å². The van der Waals surface area contributed by atoms with Gasteiger partial charge in [-0.3, -0.25) is 0 Å². The van der Waals surface area contributed by atoms with E-state index in [2.05, 4.69) is 73.0 Å². The van der Waals surface area contributed by atoms with Crippen LogP contribution in [0.3, 0.4) is 0 Å². The van der Waals surface area contributed by atoms with Crippen LogP contribution < -0.4 is 0 Å². The van der Waals surface area contributed by atoms with E-state index in [1.807, 2.05) is 0 Å². The van der Waals surface area contributed by atoms with Crippen LogP contribution in [0.25, 0.3) is 0 Å². The van der Waals surface area contributed by atoms with Crippen molar-refractivity contribution in [2.24, 2.45) is 0 Å². The summed E-state index contributed by atoms with van der Waals surface area (Å²) in [6.45, 7) is 8.82. The van der Waals surface area contributed by atoms with Crippen molar-refractivity contribution in [1.29, 1.82) is 0 Å². The Bertz CT molecular complexity index is 240. The standard InChI is InChI=1S/C12H17.CH2.Cu/c1-9(2)11-6-5-7-12(8-11)10(3)4;;/h5-7,9-10H,1-4H3;1H2;/q-1;;. The monoisotopic (exact) mass is 238 g/mol. The first kappa shape index (κ1) is 13.6. The Labute approximate surface area is 96.1 Å². The predicted molar refractivity (Wildman–Crippen MR) is 60.6 cm³/mol. The molecule has 1 aromatic rings. The molecule has 0 heterocycles. The van der Waals surface area contributed by atoms with Gasteiger partial charge in [0.15, 0.2) is 0 Å². The summed E-state index contributed by atoms with van der Waals surface area (Å²) in [4.78, 5) is 0. The topological polar surface area (TPSA) is 0 Å². The molecule has 0 atom stereocenters. The van der Waals surface area contributed by atoms with E-state index < -0.39 is 0 Å². The van der Waals surface area contributed by atoms with E-state index in [4.69, 9.17) is 0 Å². The zero-order valence-electron chi connectivity index (χ0n) is 9.40. The van der Waals surface area contributed by atoms with Gasteiger partial charge in [-0.15, -0.1) is 0 Å². The minimum atomic E-state index is 0.587. The third kappa shape index (κ3) is 4.21. The van der Waals surface area contributed by atoms with Crippen LogP contribution in [0.4, 0.5) is 0 Å². The summed E-state index contributed by atoms with van der Waals surface area (Å²) in [5.41, 5.74) is 5.45. The van der Waals surface area contributed by atoms with E-state index in [0.717, 1.165) is 0 Å². The van der Waals surface area contributed by atoms with Crippen LogP contribution in [0.1, 0.15) is 50.7 Å². The first-order valence-corrected chi connectivity index (χ1v) is 5.51. The van der Waals surface area contributed by atoms with E-state index in [0.29, 0.717) is 11.8 Å². The molecule has 0 nitrogen and oxygen atoms in total. The molecule has 0 spiro atoms. The van der Waals surface area contributed by atoms with Crippen LogP contribution in [0, 0.1) is 6.07 Å². The van der Waals surface area contributed by atoms with Gasteiger partial charge < -0.3 is 0 Å². The van der Waals surface area contributed by atoms with Gasteiger partial charge in [-0.2, -0.15) is 35.4 Å². The van der Waals surface area contributed by atoms with Crippen molar-refractivity contribution in [2.75, 3.05) is 0 Å².